The fraction of sp³-hybridized carbons (Fsp3) is 1.00. The molecule has 98 valence electrons. The van der Waals surface area contributed by atoms with Crippen molar-refractivity contribution >= 4 is 10.0 Å². The number of hydrogen-bond donors (Lipinski definition) is 2. The fourth-order valence-electron chi connectivity index (χ4n) is 1.41. The third kappa shape index (κ3) is 8.04. The second kappa shape index (κ2) is 8.92. The highest BCUT2D eigenvalue weighted by molar-refractivity contribution is 7.89. The van der Waals surface area contributed by atoms with Gasteiger partial charge in [0.1, 0.15) is 0 Å². The Labute approximate surface area is 99.4 Å². The van der Waals surface area contributed by atoms with E-state index in [-0.39, 0.29) is 5.75 Å². The minimum Gasteiger partial charge on any atom is -0.330 e. The molecule has 0 amide bonds. The molecule has 0 aliphatic carbocycles. The molecule has 6 heteroatoms. The predicted octanol–water partition coefficient (Wildman–Crippen LogP) is -0.0135. The van der Waals surface area contributed by atoms with Crippen LogP contribution in [-0.4, -0.2) is 51.8 Å². The van der Waals surface area contributed by atoms with Crippen molar-refractivity contribution in [2.45, 2.75) is 26.7 Å². The Morgan fingerprint density at radius 3 is 2.31 bits per heavy atom. The lowest BCUT2D eigenvalue weighted by molar-refractivity contribution is 0.309. The van der Waals surface area contributed by atoms with E-state index in [1.165, 1.54) is 0 Å². The molecule has 0 heterocycles. The molecule has 0 aromatic carbocycles. The third-order valence-corrected chi connectivity index (χ3v) is 3.98. The summed E-state index contributed by atoms with van der Waals surface area (Å²) >= 11 is 0. The highest BCUT2D eigenvalue weighted by Gasteiger charge is 2.09. The van der Waals surface area contributed by atoms with Crippen LogP contribution in [0.3, 0.4) is 0 Å². The zero-order valence-electron chi connectivity index (χ0n) is 10.4. The van der Waals surface area contributed by atoms with Crippen molar-refractivity contribution < 1.29 is 8.42 Å². The Kier molecular flexibility index (Phi) is 8.83. The first-order chi connectivity index (χ1) is 7.55. The monoisotopic (exact) mass is 251 g/mol. The molecule has 0 aliphatic heterocycles. The summed E-state index contributed by atoms with van der Waals surface area (Å²) in [6.07, 6.45) is 1.40. The summed E-state index contributed by atoms with van der Waals surface area (Å²) in [5.74, 6) is 0.183. The smallest absolute Gasteiger partial charge is 0.211 e. The summed E-state index contributed by atoms with van der Waals surface area (Å²) in [6, 6.07) is 0. The largest absolute Gasteiger partial charge is 0.330 e. The standard InChI is InChI=1S/C10H25N3O2S/c1-3-13(4-2)9-8-12-16(14,15)10-6-5-7-11/h12H,3-11H2,1-2H3. The lowest BCUT2D eigenvalue weighted by Crippen LogP contribution is -2.35. The minimum atomic E-state index is -3.10. The average Bonchev–Trinajstić information content (AvgIpc) is 2.24. The van der Waals surface area contributed by atoms with Gasteiger partial charge in [0.05, 0.1) is 5.75 Å². The number of rotatable bonds is 10. The summed E-state index contributed by atoms with van der Waals surface area (Å²) < 4.78 is 25.6. The number of likely N-dealkylation sites (N-methyl/N-ethyl adjacent to an activating group) is 1. The van der Waals surface area contributed by atoms with E-state index in [9.17, 15) is 8.42 Å². The van der Waals surface area contributed by atoms with E-state index >= 15 is 0 Å². The number of sulfonamides is 1. The van der Waals surface area contributed by atoms with Crippen LogP contribution >= 0.6 is 0 Å². The van der Waals surface area contributed by atoms with Crippen molar-refractivity contribution in [3.63, 3.8) is 0 Å². The highest BCUT2D eigenvalue weighted by Crippen LogP contribution is 1.93. The Hall–Kier alpha value is -0.170. The molecule has 0 spiro atoms. The highest BCUT2D eigenvalue weighted by atomic mass is 32.2. The van der Waals surface area contributed by atoms with Gasteiger partial charge in [0.15, 0.2) is 0 Å². The molecule has 0 atom stereocenters. The molecule has 0 unspecified atom stereocenters. The van der Waals surface area contributed by atoms with Crippen LogP contribution in [-0.2, 0) is 10.0 Å². The molecule has 0 aromatic heterocycles. The van der Waals surface area contributed by atoms with Gasteiger partial charge in [-0.05, 0) is 32.5 Å². The second-order valence-corrected chi connectivity index (χ2v) is 5.66. The van der Waals surface area contributed by atoms with Gasteiger partial charge in [-0.1, -0.05) is 13.8 Å². The lowest BCUT2D eigenvalue weighted by Gasteiger charge is -2.17. The Bertz CT molecular complexity index is 251. The molecule has 0 saturated carbocycles. The minimum absolute atomic E-state index is 0.183. The molecule has 0 radical (unpaired) electrons. The van der Waals surface area contributed by atoms with E-state index in [1.807, 2.05) is 0 Å². The van der Waals surface area contributed by atoms with Gasteiger partial charge >= 0.3 is 0 Å². The van der Waals surface area contributed by atoms with Crippen molar-refractivity contribution in [1.82, 2.24) is 9.62 Å². The van der Waals surface area contributed by atoms with Crippen LogP contribution in [0.25, 0.3) is 0 Å². The van der Waals surface area contributed by atoms with E-state index in [2.05, 4.69) is 23.5 Å². The topological polar surface area (TPSA) is 75.4 Å². The van der Waals surface area contributed by atoms with Crippen LogP contribution in [0, 0.1) is 0 Å². The quantitative estimate of drug-likeness (QED) is 0.535. The first-order valence-electron chi connectivity index (χ1n) is 5.95. The maximum atomic E-state index is 11.5. The normalized spacial score (nSPS) is 12.2. The van der Waals surface area contributed by atoms with Gasteiger partial charge in [-0.25, -0.2) is 13.1 Å². The van der Waals surface area contributed by atoms with Crippen LogP contribution < -0.4 is 10.5 Å². The van der Waals surface area contributed by atoms with E-state index < -0.39 is 10.0 Å². The van der Waals surface area contributed by atoms with Crippen LogP contribution in [0.5, 0.6) is 0 Å². The number of nitrogens with two attached hydrogens (primary N) is 1. The fourth-order valence-corrected chi connectivity index (χ4v) is 2.54. The van der Waals surface area contributed by atoms with E-state index in [1.54, 1.807) is 0 Å². The van der Waals surface area contributed by atoms with Crippen molar-refractivity contribution in [2.75, 3.05) is 38.5 Å². The Morgan fingerprint density at radius 2 is 1.81 bits per heavy atom. The summed E-state index contributed by atoms with van der Waals surface area (Å²) in [5, 5.41) is 0. The number of nitrogens with zero attached hydrogens (tertiary/aromatic N) is 1. The van der Waals surface area contributed by atoms with Crippen molar-refractivity contribution in [3.8, 4) is 0 Å². The molecule has 5 nitrogen and oxygen atoms in total. The lowest BCUT2D eigenvalue weighted by atomic mass is 10.3. The van der Waals surface area contributed by atoms with Crippen LogP contribution in [0.1, 0.15) is 26.7 Å². The van der Waals surface area contributed by atoms with E-state index in [0.29, 0.717) is 19.5 Å². The van der Waals surface area contributed by atoms with E-state index in [4.69, 9.17) is 5.73 Å². The Morgan fingerprint density at radius 1 is 1.19 bits per heavy atom. The summed E-state index contributed by atoms with van der Waals surface area (Å²) in [5.41, 5.74) is 5.31. The molecule has 16 heavy (non-hydrogen) atoms. The molecule has 3 N–H and O–H groups in total. The van der Waals surface area contributed by atoms with Gasteiger partial charge < -0.3 is 10.6 Å². The number of nitrogens with one attached hydrogen (secondary N) is 1. The maximum Gasteiger partial charge on any atom is 0.211 e. The van der Waals surface area contributed by atoms with Crippen molar-refractivity contribution in [3.05, 3.63) is 0 Å². The van der Waals surface area contributed by atoms with Crippen LogP contribution in [0.4, 0.5) is 0 Å². The maximum absolute atomic E-state index is 11.5. The molecule has 0 saturated heterocycles. The van der Waals surface area contributed by atoms with Crippen LogP contribution in [0.15, 0.2) is 0 Å². The third-order valence-electron chi connectivity index (χ3n) is 2.51. The molecule has 0 aliphatic rings. The van der Waals surface area contributed by atoms with Gasteiger partial charge in [-0.15, -0.1) is 0 Å². The zero-order chi connectivity index (χ0) is 12.4. The van der Waals surface area contributed by atoms with Gasteiger partial charge in [0.25, 0.3) is 0 Å². The molecule has 0 bridgehead atoms. The summed E-state index contributed by atoms with van der Waals surface area (Å²) in [6.45, 7) is 7.85. The van der Waals surface area contributed by atoms with Crippen LogP contribution in [0.2, 0.25) is 0 Å². The van der Waals surface area contributed by atoms with Gasteiger partial charge in [0, 0.05) is 13.1 Å². The molecular weight excluding hydrogens is 226 g/mol. The van der Waals surface area contributed by atoms with Gasteiger partial charge in [-0.3, -0.25) is 0 Å². The molecule has 0 rings (SSSR count). The Balaban J connectivity index is 3.73. The number of unbranched alkanes of at least 4 members (excludes halogenated alkanes) is 1. The second-order valence-electron chi connectivity index (χ2n) is 3.74. The van der Waals surface area contributed by atoms with Gasteiger partial charge in [0.2, 0.25) is 10.0 Å². The summed E-state index contributed by atoms with van der Waals surface area (Å²) in [7, 11) is -3.10. The van der Waals surface area contributed by atoms with Gasteiger partial charge in [-0.2, -0.15) is 0 Å². The number of hydrogen-bond acceptors (Lipinski definition) is 4. The average molecular weight is 251 g/mol. The first-order valence-corrected chi connectivity index (χ1v) is 7.60. The summed E-state index contributed by atoms with van der Waals surface area (Å²) in [4.78, 5) is 2.18. The predicted molar refractivity (Wildman–Crippen MR) is 67.9 cm³/mol. The van der Waals surface area contributed by atoms with E-state index in [0.717, 1.165) is 26.1 Å². The molecule has 0 fully saturated rings. The molecular formula is C10H25N3O2S. The van der Waals surface area contributed by atoms with Crippen molar-refractivity contribution in [2.24, 2.45) is 5.73 Å². The van der Waals surface area contributed by atoms with Crippen molar-refractivity contribution in [1.29, 1.82) is 0 Å². The zero-order valence-corrected chi connectivity index (χ0v) is 11.2. The first kappa shape index (κ1) is 15.8. The molecule has 0 aromatic rings. The SMILES string of the molecule is CCN(CC)CCNS(=O)(=O)CCCCN.